The van der Waals surface area contributed by atoms with Crippen LogP contribution in [-0.4, -0.2) is 47.8 Å². The third kappa shape index (κ3) is 5.91. The van der Waals surface area contributed by atoms with Gasteiger partial charge in [0, 0.05) is 44.5 Å². The molecule has 27 heavy (non-hydrogen) atoms. The maximum Gasteiger partial charge on any atom is 0.225 e. The van der Waals surface area contributed by atoms with E-state index in [9.17, 15) is 9.59 Å². The molecular weight excluding hydrogens is 358 g/mol. The van der Waals surface area contributed by atoms with Gasteiger partial charge in [-0.05, 0) is 23.4 Å². The maximum absolute atomic E-state index is 12.9. The predicted molar refractivity (Wildman–Crippen MR) is 108 cm³/mol. The Kier molecular flexibility index (Phi) is 7.01. The number of nitrogens with zero attached hydrogens (tertiary/aromatic N) is 2. The summed E-state index contributed by atoms with van der Waals surface area (Å²) in [5, 5.41) is 4.90. The monoisotopic (exact) mass is 385 g/mol. The second-order valence-electron chi connectivity index (χ2n) is 6.97. The Morgan fingerprint density at radius 1 is 1.07 bits per heavy atom. The molecule has 2 heterocycles. The molecule has 1 fully saturated rings. The van der Waals surface area contributed by atoms with Gasteiger partial charge in [-0.3, -0.25) is 14.5 Å². The summed E-state index contributed by atoms with van der Waals surface area (Å²) in [6.45, 7) is 5.82. The van der Waals surface area contributed by atoms with Gasteiger partial charge in [0.05, 0.1) is 12.5 Å². The molecule has 0 radical (unpaired) electrons. The normalized spacial score (nSPS) is 16.6. The number of nitrogens with one attached hydrogen (secondary N) is 1. The zero-order valence-electron chi connectivity index (χ0n) is 15.8. The predicted octanol–water partition coefficient (Wildman–Crippen LogP) is 3.05. The second kappa shape index (κ2) is 9.67. The number of hydrogen-bond acceptors (Lipinski definition) is 4. The minimum atomic E-state index is -0.237. The van der Waals surface area contributed by atoms with Crippen LogP contribution in [0.5, 0.6) is 0 Å². The molecule has 0 spiro atoms. The molecule has 1 unspecified atom stereocenters. The van der Waals surface area contributed by atoms with Gasteiger partial charge in [-0.25, -0.2) is 0 Å². The summed E-state index contributed by atoms with van der Waals surface area (Å²) in [5.74, 6) is 0.00909. The fraction of sp³-hybridized carbons (Fsp3) is 0.429. The molecule has 1 aliphatic rings. The Morgan fingerprint density at radius 2 is 1.89 bits per heavy atom. The van der Waals surface area contributed by atoms with Crippen LogP contribution < -0.4 is 5.32 Å². The number of hydrogen-bond donors (Lipinski definition) is 1. The van der Waals surface area contributed by atoms with Crippen molar-refractivity contribution in [2.75, 3.05) is 26.2 Å². The first kappa shape index (κ1) is 19.6. The molecule has 2 amide bonds. The SMILES string of the molecule is CC(=O)NC(CC(=O)N1CCCN(Cc2ccccc2)CC1)c1cccs1. The van der Waals surface area contributed by atoms with E-state index in [4.69, 9.17) is 0 Å². The summed E-state index contributed by atoms with van der Waals surface area (Å²) in [5.41, 5.74) is 1.31. The number of thiophene rings is 1. The molecule has 1 aromatic carbocycles. The summed E-state index contributed by atoms with van der Waals surface area (Å²) < 4.78 is 0. The quantitative estimate of drug-likeness (QED) is 0.832. The summed E-state index contributed by atoms with van der Waals surface area (Å²) in [7, 11) is 0. The van der Waals surface area contributed by atoms with E-state index >= 15 is 0 Å². The van der Waals surface area contributed by atoms with Gasteiger partial charge in [0.2, 0.25) is 11.8 Å². The summed E-state index contributed by atoms with van der Waals surface area (Å²) in [6.07, 6.45) is 1.29. The molecule has 0 saturated carbocycles. The highest BCUT2D eigenvalue weighted by Crippen LogP contribution is 2.23. The number of carbonyl (C=O) groups is 2. The van der Waals surface area contributed by atoms with Crippen LogP contribution in [0, 0.1) is 0 Å². The lowest BCUT2D eigenvalue weighted by Crippen LogP contribution is -2.38. The van der Waals surface area contributed by atoms with Crippen molar-refractivity contribution in [1.82, 2.24) is 15.1 Å². The summed E-state index contributed by atoms with van der Waals surface area (Å²) >= 11 is 1.57. The lowest BCUT2D eigenvalue weighted by atomic mass is 10.1. The van der Waals surface area contributed by atoms with E-state index in [0.29, 0.717) is 6.42 Å². The van der Waals surface area contributed by atoms with Gasteiger partial charge in [-0.15, -0.1) is 11.3 Å². The third-order valence-electron chi connectivity index (χ3n) is 4.83. The maximum atomic E-state index is 12.9. The van der Waals surface area contributed by atoms with Gasteiger partial charge in [-0.1, -0.05) is 36.4 Å². The van der Waals surface area contributed by atoms with Gasteiger partial charge >= 0.3 is 0 Å². The fourth-order valence-electron chi connectivity index (χ4n) is 3.48. The highest BCUT2D eigenvalue weighted by molar-refractivity contribution is 7.10. The van der Waals surface area contributed by atoms with Crippen molar-refractivity contribution in [3.63, 3.8) is 0 Å². The van der Waals surface area contributed by atoms with Crippen molar-refractivity contribution in [2.45, 2.75) is 32.4 Å². The van der Waals surface area contributed by atoms with E-state index in [2.05, 4.69) is 34.5 Å². The molecule has 3 rings (SSSR count). The van der Waals surface area contributed by atoms with Crippen LogP contribution >= 0.6 is 11.3 Å². The first-order valence-electron chi connectivity index (χ1n) is 9.46. The van der Waals surface area contributed by atoms with Crippen molar-refractivity contribution in [1.29, 1.82) is 0 Å². The lowest BCUT2D eigenvalue weighted by Gasteiger charge is -2.24. The van der Waals surface area contributed by atoms with E-state index in [1.54, 1.807) is 11.3 Å². The largest absolute Gasteiger partial charge is 0.348 e. The molecule has 5 nitrogen and oxygen atoms in total. The van der Waals surface area contributed by atoms with E-state index in [-0.39, 0.29) is 17.9 Å². The van der Waals surface area contributed by atoms with Gasteiger partial charge in [0.15, 0.2) is 0 Å². The molecule has 144 valence electrons. The van der Waals surface area contributed by atoms with Crippen LogP contribution in [0.3, 0.4) is 0 Å². The zero-order chi connectivity index (χ0) is 19.1. The van der Waals surface area contributed by atoms with Crippen molar-refractivity contribution in [2.24, 2.45) is 0 Å². The Morgan fingerprint density at radius 3 is 2.59 bits per heavy atom. The van der Waals surface area contributed by atoms with Crippen LogP contribution in [0.25, 0.3) is 0 Å². The van der Waals surface area contributed by atoms with E-state index in [1.165, 1.54) is 12.5 Å². The topological polar surface area (TPSA) is 52.7 Å². The van der Waals surface area contributed by atoms with Gasteiger partial charge in [-0.2, -0.15) is 0 Å². The van der Waals surface area contributed by atoms with Gasteiger partial charge in [0.1, 0.15) is 0 Å². The minimum absolute atomic E-state index is 0.105. The Labute approximate surface area is 165 Å². The minimum Gasteiger partial charge on any atom is -0.348 e. The first-order chi connectivity index (χ1) is 13.1. The summed E-state index contributed by atoms with van der Waals surface area (Å²) in [6, 6.07) is 14.1. The first-order valence-corrected chi connectivity index (χ1v) is 10.3. The smallest absolute Gasteiger partial charge is 0.225 e. The van der Waals surface area contributed by atoms with Crippen molar-refractivity contribution >= 4 is 23.2 Å². The molecule has 1 N–H and O–H groups in total. The number of amides is 2. The second-order valence-corrected chi connectivity index (χ2v) is 7.95. The van der Waals surface area contributed by atoms with Crippen LogP contribution in [-0.2, 0) is 16.1 Å². The Bertz CT molecular complexity index is 733. The van der Waals surface area contributed by atoms with Crippen LogP contribution in [0.2, 0.25) is 0 Å². The van der Waals surface area contributed by atoms with Crippen molar-refractivity contribution in [3.05, 3.63) is 58.3 Å². The molecular formula is C21H27N3O2S. The van der Waals surface area contributed by atoms with E-state index in [1.807, 2.05) is 28.5 Å². The molecule has 1 atom stereocenters. The van der Waals surface area contributed by atoms with Crippen LogP contribution in [0.15, 0.2) is 47.8 Å². The van der Waals surface area contributed by atoms with E-state index in [0.717, 1.165) is 44.0 Å². The zero-order valence-corrected chi connectivity index (χ0v) is 16.6. The number of benzene rings is 1. The molecule has 2 aromatic rings. The summed E-state index contributed by atoms with van der Waals surface area (Å²) in [4.78, 5) is 29.8. The fourth-order valence-corrected chi connectivity index (χ4v) is 4.26. The average Bonchev–Trinajstić information content (AvgIpc) is 3.09. The molecule has 6 heteroatoms. The number of rotatable bonds is 6. The molecule has 1 aromatic heterocycles. The average molecular weight is 386 g/mol. The van der Waals surface area contributed by atoms with E-state index < -0.39 is 0 Å². The van der Waals surface area contributed by atoms with Gasteiger partial charge in [0.25, 0.3) is 0 Å². The Hall–Kier alpha value is -2.18. The Balaban J connectivity index is 1.56. The van der Waals surface area contributed by atoms with Crippen molar-refractivity contribution < 1.29 is 9.59 Å². The number of carbonyl (C=O) groups excluding carboxylic acids is 2. The van der Waals surface area contributed by atoms with Crippen molar-refractivity contribution in [3.8, 4) is 0 Å². The van der Waals surface area contributed by atoms with Crippen LogP contribution in [0.4, 0.5) is 0 Å². The molecule has 0 aliphatic carbocycles. The standard InChI is InChI=1S/C21H27N3O2S/c1-17(25)22-19(20-9-5-14-27-20)15-21(26)24-11-6-10-23(12-13-24)16-18-7-3-2-4-8-18/h2-5,7-9,14,19H,6,10-13,15-16H2,1H3,(H,22,25). The molecule has 0 bridgehead atoms. The highest BCUT2D eigenvalue weighted by Gasteiger charge is 2.24. The van der Waals surface area contributed by atoms with Gasteiger partial charge < -0.3 is 10.2 Å². The highest BCUT2D eigenvalue weighted by atomic mass is 32.1. The molecule has 1 aliphatic heterocycles. The lowest BCUT2D eigenvalue weighted by molar-refractivity contribution is -0.131. The van der Waals surface area contributed by atoms with Crippen LogP contribution in [0.1, 0.15) is 36.2 Å². The molecule has 1 saturated heterocycles. The third-order valence-corrected chi connectivity index (χ3v) is 5.82.